The molecule has 2 N–H and O–H groups in total. The van der Waals surface area contributed by atoms with Crippen LogP contribution in [-0.2, 0) is 17.8 Å². The number of fused-ring (bicyclic) bond motifs is 1. The van der Waals surface area contributed by atoms with Gasteiger partial charge < -0.3 is 9.67 Å². The van der Waals surface area contributed by atoms with Gasteiger partial charge in [0, 0.05) is 29.6 Å². The summed E-state index contributed by atoms with van der Waals surface area (Å²) in [5.41, 5.74) is 2.31. The minimum atomic E-state index is -5.08. The number of halogens is 4. The molecule has 0 saturated heterocycles. The molecule has 0 aliphatic carbocycles. The number of benzene rings is 1. The van der Waals surface area contributed by atoms with Crippen molar-refractivity contribution >= 4 is 17.6 Å². The van der Waals surface area contributed by atoms with Crippen LogP contribution in [0.5, 0.6) is 0 Å². The van der Waals surface area contributed by atoms with Gasteiger partial charge in [0.05, 0.1) is 5.69 Å². The molecule has 5 nitrogen and oxygen atoms in total. The number of carboxylic acid groups (broad SMARTS) is 1. The fraction of sp³-hybridized carbons (Fsp3) is 0.312. The summed E-state index contributed by atoms with van der Waals surface area (Å²) in [6.45, 7) is 0.961. The Morgan fingerprint density at radius 3 is 2.52 bits per heavy atom. The first kappa shape index (κ1) is 19.0. The monoisotopic (exact) mass is 373 g/mol. The van der Waals surface area contributed by atoms with Gasteiger partial charge >= 0.3 is 12.1 Å². The number of nitrogens with zero attached hydrogens (tertiary/aromatic N) is 2. The van der Waals surface area contributed by atoms with Crippen LogP contribution in [0.2, 0.25) is 5.02 Å². The van der Waals surface area contributed by atoms with Gasteiger partial charge in [0.15, 0.2) is 0 Å². The van der Waals surface area contributed by atoms with Crippen LogP contribution >= 0.6 is 11.6 Å². The summed E-state index contributed by atoms with van der Waals surface area (Å²) in [5, 5.41) is 15.7. The second kappa shape index (κ2) is 7.69. The molecule has 2 heterocycles. The van der Waals surface area contributed by atoms with Gasteiger partial charge in [0.2, 0.25) is 0 Å². The van der Waals surface area contributed by atoms with Crippen LogP contribution < -0.4 is 5.49 Å². The first-order valence-electron chi connectivity index (χ1n) is 7.40. The second-order valence-electron chi connectivity index (χ2n) is 5.33. The van der Waals surface area contributed by atoms with Crippen LogP contribution in [0.4, 0.5) is 13.2 Å². The Balaban J connectivity index is 0.000000277. The third-order valence-corrected chi connectivity index (χ3v) is 3.88. The van der Waals surface area contributed by atoms with Crippen molar-refractivity contribution in [1.29, 1.82) is 5.41 Å². The van der Waals surface area contributed by atoms with Gasteiger partial charge in [-0.25, -0.2) is 9.78 Å². The number of carbonyl (C=O) groups is 1. The molecule has 1 aromatic heterocycles. The van der Waals surface area contributed by atoms with Crippen molar-refractivity contribution in [1.82, 2.24) is 9.55 Å². The summed E-state index contributed by atoms with van der Waals surface area (Å²) in [7, 11) is 0. The predicted molar refractivity (Wildman–Crippen MR) is 85.2 cm³/mol. The zero-order valence-electron chi connectivity index (χ0n) is 13.0. The highest BCUT2D eigenvalue weighted by molar-refractivity contribution is 6.33. The van der Waals surface area contributed by atoms with Gasteiger partial charge in [-0.05, 0) is 18.9 Å². The molecular formula is C16H15ClF3N3O2. The van der Waals surface area contributed by atoms with E-state index in [1.165, 1.54) is 0 Å². The molecule has 0 saturated carbocycles. The van der Waals surface area contributed by atoms with E-state index in [0.29, 0.717) is 5.49 Å². The number of rotatable bonds is 1. The fourth-order valence-corrected chi connectivity index (χ4v) is 2.70. The lowest BCUT2D eigenvalue weighted by Gasteiger charge is -2.22. The second-order valence-corrected chi connectivity index (χ2v) is 5.74. The minimum Gasteiger partial charge on any atom is -0.475 e. The Hall–Kier alpha value is -2.35. The van der Waals surface area contributed by atoms with Crippen LogP contribution in [-0.4, -0.2) is 26.8 Å². The van der Waals surface area contributed by atoms with Crippen LogP contribution in [0.25, 0.3) is 11.3 Å². The van der Waals surface area contributed by atoms with Gasteiger partial charge in [0.25, 0.3) is 0 Å². The predicted octanol–water partition coefficient (Wildman–Crippen LogP) is 3.65. The molecule has 3 rings (SSSR count). The summed E-state index contributed by atoms with van der Waals surface area (Å²) >= 11 is 6.26. The molecule has 0 fully saturated rings. The van der Waals surface area contributed by atoms with Crippen LogP contribution in [0, 0.1) is 5.41 Å². The standard InChI is InChI=1S/C14H14ClN3.C2HF3O2/c15-11-6-2-1-5-10(11)12-9-13(16)17-14-7-3-4-8-18(12)14;3-2(4,5)1(6)7/h1-2,5-6,9,16H,3-4,7-8H2;(H,6,7). The largest absolute Gasteiger partial charge is 0.490 e. The van der Waals surface area contributed by atoms with Crippen molar-refractivity contribution in [3.8, 4) is 11.3 Å². The Kier molecular flexibility index (Phi) is 5.84. The molecule has 0 atom stereocenters. The average Bonchev–Trinajstić information content (AvgIpc) is 2.54. The number of aromatic nitrogens is 2. The number of hydrogen-bond donors (Lipinski definition) is 2. The maximum absolute atomic E-state index is 10.6. The number of nitrogens with one attached hydrogen (secondary N) is 1. The maximum Gasteiger partial charge on any atom is 0.490 e. The Morgan fingerprint density at radius 2 is 1.92 bits per heavy atom. The normalized spacial score (nSPS) is 13.4. The SMILES string of the molecule is N=c1cc(-c2ccccc2Cl)n2c(n1)CCCC2.O=C(O)C(F)(F)F. The lowest BCUT2D eigenvalue weighted by atomic mass is 10.1. The molecule has 9 heteroatoms. The quantitative estimate of drug-likeness (QED) is 0.800. The lowest BCUT2D eigenvalue weighted by Crippen LogP contribution is -2.22. The summed E-state index contributed by atoms with van der Waals surface area (Å²) in [6.07, 6.45) is -1.82. The van der Waals surface area contributed by atoms with Gasteiger partial charge in [-0.2, -0.15) is 13.2 Å². The van der Waals surface area contributed by atoms with E-state index in [9.17, 15) is 13.2 Å². The van der Waals surface area contributed by atoms with E-state index in [0.717, 1.165) is 47.9 Å². The topological polar surface area (TPSA) is 79.0 Å². The third kappa shape index (κ3) is 4.82. The Morgan fingerprint density at radius 1 is 1.28 bits per heavy atom. The van der Waals surface area contributed by atoms with Crippen molar-refractivity contribution in [2.45, 2.75) is 32.0 Å². The van der Waals surface area contributed by atoms with Crippen LogP contribution in [0.3, 0.4) is 0 Å². The lowest BCUT2D eigenvalue weighted by molar-refractivity contribution is -0.192. The summed E-state index contributed by atoms with van der Waals surface area (Å²) < 4.78 is 33.9. The van der Waals surface area contributed by atoms with E-state index < -0.39 is 12.1 Å². The van der Waals surface area contributed by atoms with Crippen molar-refractivity contribution in [2.75, 3.05) is 0 Å². The zero-order valence-corrected chi connectivity index (χ0v) is 13.7. The molecule has 1 aliphatic heterocycles. The maximum atomic E-state index is 10.6. The van der Waals surface area contributed by atoms with E-state index >= 15 is 0 Å². The molecule has 0 spiro atoms. The van der Waals surface area contributed by atoms with E-state index in [-0.39, 0.29) is 0 Å². The smallest absolute Gasteiger partial charge is 0.475 e. The highest BCUT2D eigenvalue weighted by Crippen LogP contribution is 2.28. The van der Waals surface area contributed by atoms with Crippen molar-refractivity contribution < 1.29 is 23.1 Å². The molecule has 1 aromatic carbocycles. The van der Waals surface area contributed by atoms with E-state index in [1.54, 1.807) is 6.07 Å². The number of carboxylic acids is 1. The summed E-state index contributed by atoms with van der Waals surface area (Å²) in [5.74, 6) is -1.75. The average molecular weight is 374 g/mol. The fourth-order valence-electron chi connectivity index (χ4n) is 2.46. The Bertz CT molecular complexity index is 834. The summed E-state index contributed by atoms with van der Waals surface area (Å²) in [4.78, 5) is 13.2. The van der Waals surface area contributed by atoms with Crippen LogP contribution in [0.15, 0.2) is 30.3 Å². The molecule has 0 unspecified atom stereocenters. The first-order valence-corrected chi connectivity index (χ1v) is 7.78. The van der Waals surface area contributed by atoms with Gasteiger partial charge in [0.1, 0.15) is 11.3 Å². The minimum absolute atomic E-state index is 0.318. The molecule has 0 radical (unpaired) electrons. The number of aliphatic carboxylic acids is 1. The van der Waals surface area contributed by atoms with E-state index in [1.807, 2.05) is 24.3 Å². The van der Waals surface area contributed by atoms with Gasteiger partial charge in [-0.1, -0.05) is 29.8 Å². The zero-order chi connectivity index (χ0) is 18.6. The van der Waals surface area contributed by atoms with Crippen molar-refractivity contribution in [3.05, 3.63) is 46.7 Å². The van der Waals surface area contributed by atoms with Crippen molar-refractivity contribution in [2.24, 2.45) is 0 Å². The molecule has 25 heavy (non-hydrogen) atoms. The van der Waals surface area contributed by atoms with E-state index in [2.05, 4.69) is 9.55 Å². The molecule has 2 aromatic rings. The first-order chi connectivity index (χ1) is 11.7. The highest BCUT2D eigenvalue weighted by atomic mass is 35.5. The third-order valence-electron chi connectivity index (χ3n) is 3.55. The number of alkyl halides is 3. The molecule has 1 aliphatic rings. The van der Waals surface area contributed by atoms with Crippen molar-refractivity contribution in [3.63, 3.8) is 0 Å². The molecular weight excluding hydrogens is 359 g/mol. The number of hydrogen-bond acceptors (Lipinski definition) is 3. The molecule has 0 amide bonds. The summed E-state index contributed by atoms with van der Waals surface area (Å²) in [6, 6.07) is 9.58. The van der Waals surface area contributed by atoms with E-state index in [4.69, 9.17) is 26.9 Å². The molecule has 134 valence electrons. The molecule has 0 bridgehead atoms. The number of aryl methyl sites for hydroxylation is 1. The highest BCUT2D eigenvalue weighted by Gasteiger charge is 2.38. The van der Waals surface area contributed by atoms with Gasteiger partial charge in [-0.15, -0.1) is 0 Å². The van der Waals surface area contributed by atoms with Gasteiger partial charge in [-0.3, -0.25) is 5.41 Å². The van der Waals surface area contributed by atoms with Crippen LogP contribution in [0.1, 0.15) is 18.7 Å². The Labute approximate surface area is 146 Å².